The van der Waals surface area contributed by atoms with E-state index >= 15 is 0 Å². The van der Waals surface area contributed by atoms with Crippen LogP contribution in [0, 0.1) is 17.8 Å². The van der Waals surface area contributed by atoms with E-state index in [1.165, 1.54) is 16.4 Å². The molecule has 0 spiro atoms. The van der Waals surface area contributed by atoms with Gasteiger partial charge < -0.3 is 5.11 Å². The first kappa shape index (κ1) is 18.0. The molecule has 0 heterocycles. The number of aliphatic hydroxyl groups excluding tert-OH is 1. The van der Waals surface area contributed by atoms with Crippen LogP contribution >= 0.6 is 11.6 Å². The summed E-state index contributed by atoms with van der Waals surface area (Å²) in [6, 6.07) is 4.55. The summed E-state index contributed by atoms with van der Waals surface area (Å²) in [4.78, 5) is 0.0845. The van der Waals surface area contributed by atoms with Gasteiger partial charge in [-0.25, -0.2) is 8.42 Å². The predicted octanol–water partition coefficient (Wildman–Crippen LogP) is 2.35. The monoisotopic (exact) mass is 329 g/mol. The highest BCUT2D eigenvalue weighted by Crippen LogP contribution is 2.26. The second-order valence-corrected chi connectivity index (χ2v) is 7.27. The maximum atomic E-state index is 12.6. The zero-order chi connectivity index (χ0) is 16.0. The SMILES string of the molecule is CCN(CC(C)C)S(=O)(=O)c1ccc(C#CCO)cc1Cl. The number of benzene rings is 1. The van der Waals surface area contributed by atoms with Gasteiger partial charge in [-0.05, 0) is 24.1 Å². The van der Waals surface area contributed by atoms with Crippen molar-refractivity contribution in [1.29, 1.82) is 0 Å². The molecule has 1 aromatic carbocycles. The molecule has 1 rings (SSSR count). The molecule has 4 nitrogen and oxygen atoms in total. The number of hydrogen-bond donors (Lipinski definition) is 1. The smallest absolute Gasteiger partial charge is 0.244 e. The van der Waals surface area contributed by atoms with Crippen LogP contribution in [-0.4, -0.2) is 37.5 Å². The molecule has 0 radical (unpaired) electrons. The van der Waals surface area contributed by atoms with Crippen LogP contribution in [0.15, 0.2) is 23.1 Å². The Kier molecular flexibility index (Phi) is 6.69. The molecule has 0 unspecified atom stereocenters. The normalized spacial score (nSPS) is 11.6. The lowest BCUT2D eigenvalue weighted by Crippen LogP contribution is -2.34. The van der Waals surface area contributed by atoms with Crippen molar-refractivity contribution < 1.29 is 13.5 Å². The molecule has 0 fully saturated rings. The summed E-state index contributed by atoms with van der Waals surface area (Å²) >= 11 is 6.09. The lowest BCUT2D eigenvalue weighted by molar-refractivity contribution is 0.350. The van der Waals surface area contributed by atoms with E-state index in [9.17, 15) is 8.42 Å². The van der Waals surface area contributed by atoms with Gasteiger partial charge in [-0.15, -0.1) is 0 Å². The predicted molar refractivity (Wildman–Crippen MR) is 84.7 cm³/mol. The number of aliphatic hydroxyl groups is 1. The first-order chi connectivity index (χ1) is 9.82. The van der Waals surface area contributed by atoms with Gasteiger partial charge in [0.25, 0.3) is 0 Å². The molecule has 21 heavy (non-hydrogen) atoms. The van der Waals surface area contributed by atoms with E-state index in [0.29, 0.717) is 18.7 Å². The lowest BCUT2D eigenvalue weighted by atomic mass is 10.2. The summed E-state index contributed by atoms with van der Waals surface area (Å²) in [5, 5.41) is 8.80. The lowest BCUT2D eigenvalue weighted by Gasteiger charge is -2.22. The van der Waals surface area contributed by atoms with Gasteiger partial charge in [-0.3, -0.25) is 0 Å². The zero-order valence-electron chi connectivity index (χ0n) is 12.4. The van der Waals surface area contributed by atoms with Crippen LogP contribution in [0.2, 0.25) is 5.02 Å². The van der Waals surface area contributed by atoms with Crippen LogP contribution in [0.25, 0.3) is 0 Å². The highest BCUT2D eigenvalue weighted by Gasteiger charge is 2.26. The number of hydrogen-bond acceptors (Lipinski definition) is 3. The van der Waals surface area contributed by atoms with Crippen molar-refractivity contribution in [3.63, 3.8) is 0 Å². The minimum atomic E-state index is -3.61. The molecule has 0 saturated carbocycles. The zero-order valence-corrected chi connectivity index (χ0v) is 14.0. The van der Waals surface area contributed by atoms with Crippen LogP contribution in [0.3, 0.4) is 0 Å². The van der Waals surface area contributed by atoms with Crippen LogP contribution in [0.1, 0.15) is 26.3 Å². The summed E-state index contributed by atoms with van der Waals surface area (Å²) in [5.74, 6) is 5.42. The summed E-state index contributed by atoms with van der Waals surface area (Å²) in [6.45, 7) is 6.31. The van der Waals surface area contributed by atoms with Gasteiger partial charge in [0, 0.05) is 18.7 Å². The number of halogens is 1. The Morgan fingerprint density at radius 1 is 1.38 bits per heavy atom. The third kappa shape index (κ3) is 4.72. The van der Waals surface area contributed by atoms with Crippen LogP contribution < -0.4 is 0 Å². The Hall–Kier alpha value is -1.06. The molecular formula is C15H20ClNO3S. The topological polar surface area (TPSA) is 57.6 Å². The molecule has 116 valence electrons. The van der Waals surface area contributed by atoms with E-state index in [4.69, 9.17) is 16.7 Å². The Morgan fingerprint density at radius 3 is 2.52 bits per heavy atom. The Morgan fingerprint density at radius 2 is 2.05 bits per heavy atom. The van der Waals surface area contributed by atoms with Crippen molar-refractivity contribution in [3.8, 4) is 11.8 Å². The quantitative estimate of drug-likeness (QED) is 0.844. The fourth-order valence-electron chi connectivity index (χ4n) is 1.87. The summed E-state index contributed by atoms with van der Waals surface area (Å²) in [7, 11) is -3.61. The molecule has 0 aliphatic heterocycles. The standard InChI is InChI=1S/C15H20ClNO3S/c1-4-17(11-12(2)3)21(19,20)15-8-7-13(6-5-9-18)10-14(15)16/h7-8,10,12,18H,4,9,11H2,1-3H3. The molecular weight excluding hydrogens is 310 g/mol. The van der Waals surface area contributed by atoms with Crippen molar-refractivity contribution in [2.75, 3.05) is 19.7 Å². The number of nitrogens with zero attached hydrogens (tertiary/aromatic N) is 1. The summed E-state index contributed by atoms with van der Waals surface area (Å²) < 4.78 is 26.6. The minimum absolute atomic E-state index is 0.0845. The molecule has 1 N–H and O–H groups in total. The van der Waals surface area contributed by atoms with Gasteiger partial charge in [0.15, 0.2) is 0 Å². The van der Waals surface area contributed by atoms with E-state index in [0.717, 1.165) is 0 Å². The maximum Gasteiger partial charge on any atom is 0.244 e. The molecule has 0 aliphatic rings. The van der Waals surface area contributed by atoms with Crippen LogP contribution in [-0.2, 0) is 10.0 Å². The van der Waals surface area contributed by atoms with Crippen molar-refractivity contribution in [1.82, 2.24) is 4.31 Å². The third-order valence-electron chi connectivity index (χ3n) is 2.78. The molecule has 1 aromatic rings. The molecule has 0 aliphatic carbocycles. The van der Waals surface area contributed by atoms with Crippen LogP contribution in [0.4, 0.5) is 0 Å². The number of sulfonamides is 1. The van der Waals surface area contributed by atoms with E-state index < -0.39 is 10.0 Å². The van der Waals surface area contributed by atoms with E-state index in [2.05, 4.69) is 11.8 Å². The van der Waals surface area contributed by atoms with Crippen molar-refractivity contribution in [3.05, 3.63) is 28.8 Å². The molecule has 0 saturated heterocycles. The average Bonchev–Trinajstić information content (AvgIpc) is 2.41. The summed E-state index contributed by atoms with van der Waals surface area (Å²) in [6.07, 6.45) is 0. The maximum absolute atomic E-state index is 12.6. The van der Waals surface area contributed by atoms with Gasteiger partial charge in [-0.1, -0.05) is 44.2 Å². The van der Waals surface area contributed by atoms with E-state index in [1.54, 1.807) is 13.0 Å². The average molecular weight is 330 g/mol. The fraction of sp³-hybridized carbons (Fsp3) is 0.467. The largest absolute Gasteiger partial charge is 0.384 e. The van der Waals surface area contributed by atoms with Gasteiger partial charge in [0.05, 0.1) is 5.02 Å². The van der Waals surface area contributed by atoms with Crippen molar-refractivity contribution >= 4 is 21.6 Å². The molecule has 0 bridgehead atoms. The third-order valence-corrected chi connectivity index (χ3v) is 5.21. The second-order valence-electron chi connectivity index (χ2n) is 4.95. The molecule has 0 amide bonds. The fourth-order valence-corrected chi connectivity index (χ4v) is 4.00. The minimum Gasteiger partial charge on any atom is -0.384 e. The Bertz CT molecular complexity index is 645. The van der Waals surface area contributed by atoms with Crippen LogP contribution in [0.5, 0.6) is 0 Å². The second kappa shape index (κ2) is 7.81. The van der Waals surface area contributed by atoms with Crippen molar-refractivity contribution in [2.45, 2.75) is 25.7 Å². The first-order valence-corrected chi connectivity index (χ1v) is 8.54. The molecule has 6 heteroatoms. The van der Waals surface area contributed by atoms with Gasteiger partial charge in [-0.2, -0.15) is 4.31 Å². The Balaban J connectivity index is 3.19. The highest BCUT2D eigenvalue weighted by atomic mass is 35.5. The van der Waals surface area contributed by atoms with Gasteiger partial charge in [0.1, 0.15) is 11.5 Å². The molecule has 0 atom stereocenters. The summed E-state index contributed by atoms with van der Waals surface area (Å²) in [5.41, 5.74) is 0.569. The Labute approximate surface area is 131 Å². The first-order valence-electron chi connectivity index (χ1n) is 6.72. The van der Waals surface area contributed by atoms with Gasteiger partial charge >= 0.3 is 0 Å². The molecule has 0 aromatic heterocycles. The van der Waals surface area contributed by atoms with Gasteiger partial charge in [0.2, 0.25) is 10.0 Å². The van der Waals surface area contributed by atoms with Crippen molar-refractivity contribution in [2.24, 2.45) is 5.92 Å². The highest BCUT2D eigenvalue weighted by molar-refractivity contribution is 7.89. The van der Waals surface area contributed by atoms with E-state index in [1.807, 2.05) is 13.8 Å². The number of rotatable bonds is 5. The van der Waals surface area contributed by atoms with E-state index in [-0.39, 0.29) is 22.4 Å².